The van der Waals surface area contributed by atoms with Crippen LogP contribution in [0.25, 0.3) is 0 Å². The van der Waals surface area contributed by atoms with Crippen LogP contribution in [0.3, 0.4) is 0 Å². The SMILES string of the molecule is CC[C@H](C(=O)NCc1noc(COc2ccccc2)n1)c1ccccc1. The van der Waals surface area contributed by atoms with Crippen LogP contribution in [-0.4, -0.2) is 16.0 Å². The monoisotopic (exact) mass is 351 g/mol. The Morgan fingerprint density at radius 2 is 1.81 bits per heavy atom. The van der Waals surface area contributed by atoms with Gasteiger partial charge in [0.25, 0.3) is 5.89 Å². The molecule has 0 spiro atoms. The highest BCUT2D eigenvalue weighted by molar-refractivity contribution is 5.83. The molecule has 3 aromatic rings. The van der Waals surface area contributed by atoms with Crippen LogP contribution < -0.4 is 10.1 Å². The predicted octanol–water partition coefficient (Wildman–Crippen LogP) is 3.46. The molecule has 0 aliphatic rings. The number of carbonyl (C=O) groups excluding carboxylic acids is 1. The van der Waals surface area contributed by atoms with Gasteiger partial charge in [-0.3, -0.25) is 4.79 Å². The second-order valence-electron chi connectivity index (χ2n) is 5.80. The average molecular weight is 351 g/mol. The van der Waals surface area contributed by atoms with E-state index in [1.807, 2.05) is 67.6 Å². The molecule has 1 atom stereocenters. The maximum absolute atomic E-state index is 12.4. The Labute approximate surface area is 152 Å². The van der Waals surface area contributed by atoms with Crippen molar-refractivity contribution in [2.75, 3.05) is 0 Å². The third kappa shape index (κ3) is 4.69. The molecule has 1 aromatic heterocycles. The van der Waals surface area contributed by atoms with Crippen LogP contribution in [0.4, 0.5) is 0 Å². The van der Waals surface area contributed by atoms with Crippen LogP contribution >= 0.6 is 0 Å². The van der Waals surface area contributed by atoms with Crippen molar-refractivity contribution in [3.63, 3.8) is 0 Å². The summed E-state index contributed by atoms with van der Waals surface area (Å²) in [6, 6.07) is 19.1. The van der Waals surface area contributed by atoms with Gasteiger partial charge in [-0.25, -0.2) is 0 Å². The number of ether oxygens (including phenoxy) is 1. The fourth-order valence-corrected chi connectivity index (χ4v) is 2.63. The van der Waals surface area contributed by atoms with E-state index >= 15 is 0 Å². The second kappa shape index (κ2) is 8.80. The number of nitrogens with one attached hydrogen (secondary N) is 1. The Kier molecular flexibility index (Phi) is 5.98. The summed E-state index contributed by atoms with van der Waals surface area (Å²) in [6.45, 7) is 2.40. The number of carbonyl (C=O) groups is 1. The first kappa shape index (κ1) is 17.7. The van der Waals surface area contributed by atoms with Gasteiger partial charge in [0, 0.05) is 0 Å². The summed E-state index contributed by atoms with van der Waals surface area (Å²) in [5.74, 6) is 1.28. The van der Waals surface area contributed by atoms with Gasteiger partial charge in [-0.05, 0) is 24.1 Å². The molecule has 0 aliphatic heterocycles. The molecule has 0 bridgehead atoms. The highest BCUT2D eigenvalue weighted by Gasteiger charge is 2.18. The molecule has 0 fully saturated rings. The number of nitrogens with zero attached hydrogens (tertiary/aromatic N) is 2. The van der Waals surface area contributed by atoms with Gasteiger partial charge < -0.3 is 14.6 Å². The van der Waals surface area contributed by atoms with E-state index in [1.54, 1.807) is 0 Å². The minimum atomic E-state index is -0.191. The lowest BCUT2D eigenvalue weighted by atomic mass is 9.96. The van der Waals surface area contributed by atoms with Crippen LogP contribution in [-0.2, 0) is 17.9 Å². The first-order chi connectivity index (χ1) is 12.8. The Hall–Kier alpha value is -3.15. The zero-order valence-corrected chi connectivity index (χ0v) is 14.6. The van der Waals surface area contributed by atoms with Gasteiger partial charge in [0.1, 0.15) is 5.75 Å². The van der Waals surface area contributed by atoms with Crippen molar-refractivity contribution in [1.82, 2.24) is 15.5 Å². The van der Waals surface area contributed by atoms with Crippen molar-refractivity contribution in [3.05, 3.63) is 77.9 Å². The van der Waals surface area contributed by atoms with Crippen molar-refractivity contribution < 1.29 is 14.1 Å². The molecule has 1 amide bonds. The first-order valence-corrected chi connectivity index (χ1v) is 8.58. The Morgan fingerprint density at radius 3 is 2.50 bits per heavy atom. The molecular weight excluding hydrogens is 330 g/mol. The normalized spacial score (nSPS) is 11.7. The largest absolute Gasteiger partial charge is 0.484 e. The van der Waals surface area contributed by atoms with Crippen molar-refractivity contribution >= 4 is 5.91 Å². The van der Waals surface area contributed by atoms with Gasteiger partial charge in [0.15, 0.2) is 12.4 Å². The van der Waals surface area contributed by atoms with E-state index in [1.165, 1.54) is 0 Å². The quantitative estimate of drug-likeness (QED) is 0.672. The number of hydrogen-bond donors (Lipinski definition) is 1. The molecule has 0 unspecified atom stereocenters. The smallest absolute Gasteiger partial charge is 0.264 e. The molecular formula is C20H21N3O3. The number of amides is 1. The third-order valence-electron chi connectivity index (χ3n) is 3.96. The minimum absolute atomic E-state index is 0.0504. The van der Waals surface area contributed by atoms with Crippen molar-refractivity contribution in [2.45, 2.75) is 32.4 Å². The topological polar surface area (TPSA) is 77.2 Å². The molecule has 0 aliphatic carbocycles. The fraction of sp³-hybridized carbons (Fsp3) is 0.250. The van der Waals surface area contributed by atoms with Gasteiger partial charge >= 0.3 is 0 Å². The molecule has 2 aromatic carbocycles. The number of aromatic nitrogens is 2. The van der Waals surface area contributed by atoms with Crippen molar-refractivity contribution in [3.8, 4) is 5.75 Å². The maximum Gasteiger partial charge on any atom is 0.264 e. The summed E-state index contributed by atoms with van der Waals surface area (Å²) in [5, 5.41) is 6.75. The van der Waals surface area contributed by atoms with Gasteiger partial charge in [-0.15, -0.1) is 0 Å². The van der Waals surface area contributed by atoms with E-state index < -0.39 is 0 Å². The van der Waals surface area contributed by atoms with Crippen LogP contribution in [0.5, 0.6) is 5.75 Å². The summed E-state index contributed by atoms with van der Waals surface area (Å²) < 4.78 is 10.7. The summed E-state index contributed by atoms with van der Waals surface area (Å²) in [5.41, 5.74) is 0.998. The van der Waals surface area contributed by atoms with E-state index in [9.17, 15) is 4.79 Å². The lowest BCUT2D eigenvalue weighted by molar-refractivity contribution is -0.122. The van der Waals surface area contributed by atoms with Gasteiger partial charge in [-0.1, -0.05) is 60.6 Å². The summed E-state index contributed by atoms with van der Waals surface area (Å²) in [4.78, 5) is 16.7. The lowest BCUT2D eigenvalue weighted by Crippen LogP contribution is -2.29. The Morgan fingerprint density at radius 1 is 1.12 bits per heavy atom. The highest BCUT2D eigenvalue weighted by atomic mass is 16.5. The molecule has 1 heterocycles. The minimum Gasteiger partial charge on any atom is -0.484 e. The zero-order valence-electron chi connectivity index (χ0n) is 14.6. The number of hydrogen-bond acceptors (Lipinski definition) is 5. The Balaban J connectivity index is 1.51. The number of benzene rings is 2. The zero-order chi connectivity index (χ0) is 18.2. The summed E-state index contributed by atoms with van der Waals surface area (Å²) in [6.07, 6.45) is 0.720. The average Bonchev–Trinajstić information content (AvgIpc) is 3.15. The third-order valence-corrected chi connectivity index (χ3v) is 3.96. The van der Waals surface area contributed by atoms with E-state index in [4.69, 9.17) is 9.26 Å². The molecule has 0 radical (unpaired) electrons. The maximum atomic E-state index is 12.4. The van der Waals surface area contributed by atoms with E-state index in [0.29, 0.717) is 11.7 Å². The van der Waals surface area contributed by atoms with Crippen molar-refractivity contribution in [2.24, 2.45) is 0 Å². The molecule has 6 nitrogen and oxygen atoms in total. The van der Waals surface area contributed by atoms with Crippen LogP contribution in [0.1, 0.15) is 36.5 Å². The van der Waals surface area contributed by atoms with E-state index in [-0.39, 0.29) is 25.0 Å². The molecule has 0 saturated heterocycles. The fourth-order valence-electron chi connectivity index (χ4n) is 2.63. The summed E-state index contributed by atoms with van der Waals surface area (Å²) in [7, 11) is 0. The van der Waals surface area contributed by atoms with Crippen LogP contribution in [0, 0.1) is 0 Å². The van der Waals surface area contributed by atoms with Gasteiger partial charge in [0.2, 0.25) is 5.91 Å². The molecule has 6 heteroatoms. The standard InChI is InChI=1S/C20H21N3O3/c1-2-17(15-9-5-3-6-10-15)20(24)21-13-18-22-19(26-23-18)14-25-16-11-7-4-8-12-16/h3-12,17H,2,13-14H2,1H3,(H,21,24)/t17-/m0/s1. The number of para-hydroxylation sites is 1. The number of rotatable bonds is 8. The molecule has 3 rings (SSSR count). The molecule has 26 heavy (non-hydrogen) atoms. The highest BCUT2D eigenvalue weighted by Crippen LogP contribution is 2.19. The molecule has 1 N–H and O–H groups in total. The van der Waals surface area contributed by atoms with Crippen LogP contribution in [0.2, 0.25) is 0 Å². The summed E-state index contributed by atoms with van der Waals surface area (Å²) >= 11 is 0. The first-order valence-electron chi connectivity index (χ1n) is 8.58. The van der Waals surface area contributed by atoms with E-state index in [2.05, 4.69) is 15.5 Å². The second-order valence-corrected chi connectivity index (χ2v) is 5.80. The van der Waals surface area contributed by atoms with E-state index in [0.717, 1.165) is 17.7 Å². The van der Waals surface area contributed by atoms with Gasteiger partial charge in [-0.2, -0.15) is 4.98 Å². The van der Waals surface area contributed by atoms with Gasteiger partial charge in [0.05, 0.1) is 12.5 Å². The lowest BCUT2D eigenvalue weighted by Gasteiger charge is -2.14. The van der Waals surface area contributed by atoms with Crippen LogP contribution in [0.15, 0.2) is 65.2 Å². The predicted molar refractivity (Wildman–Crippen MR) is 96.4 cm³/mol. The molecule has 134 valence electrons. The Bertz CT molecular complexity index is 819. The van der Waals surface area contributed by atoms with Crippen molar-refractivity contribution in [1.29, 1.82) is 0 Å². The molecule has 0 saturated carbocycles.